The zero-order valence-corrected chi connectivity index (χ0v) is 18.4. The lowest BCUT2D eigenvalue weighted by atomic mass is 10.0. The van der Waals surface area contributed by atoms with Crippen molar-refractivity contribution in [1.29, 1.82) is 0 Å². The van der Waals surface area contributed by atoms with E-state index in [2.05, 4.69) is 53.3 Å². The van der Waals surface area contributed by atoms with Gasteiger partial charge in [0.25, 0.3) is 0 Å². The number of aliphatic imine (C=N–C) groups is 1. The highest BCUT2D eigenvalue weighted by Crippen LogP contribution is 2.21. The van der Waals surface area contributed by atoms with E-state index in [1.54, 1.807) is 0 Å². The van der Waals surface area contributed by atoms with Crippen LogP contribution >= 0.6 is 24.0 Å². The second-order valence-corrected chi connectivity index (χ2v) is 7.15. The molecule has 0 aromatic heterocycles. The molecule has 3 unspecified atom stereocenters. The van der Waals surface area contributed by atoms with E-state index in [1.165, 1.54) is 11.1 Å². The van der Waals surface area contributed by atoms with Crippen LogP contribution in [0, 0.1) is 6.92 Å². The smallest absolute Gasteiger partial charge is 0.193 e. The van der Waals surface area contributed by atoms with Crippen LogP contribution in [0.25, 0.3) is 0 Å². The molecule has 2 saturated heterocycles. The van der Waals surface area contributed by atoms with Crippen LogP contribution in [-0.4, -0.2) is 63.0 Å². The van der Waals surface area contributed by atoms with Gasteiger partial charge in [0.15, 0.2) is 5.96 Å². The summed E-state index contributed by atoms with van der Waals surface area (Å²) >= 11 is 0. The minimum absolute atomic E-state index is 0. The van der Waals surface area contributed by atoms with Gasteiger partial charge in [-0.1, -0.05) is 36.8 Å². The summed E-state index contributed by atoms with van der Waals surface area (Å²) in [5.41, 5.74) is 2.65. The quantitative estimate of drug-likeness (QED) is 0.415. The Morgan fingerprint density at radius 3 is 2.62 bits per heavy atom. The maximum atomic E-state index is 5.94. The number of hydrogen-bond donors (Lipinski definition) is 1. The second kappa shape index (κ2) is 10.5. The van der Waals surface area contributed by atoms with E-state index in [0.29, 0.717) is 5.92 Å². The number of nitrogens with zero attached hydrogens (tertiary/aromatic N) is 2. The molecule has 146 valence electrons. The van der Waals surface area contributed by atoms with Crippen LogP contribution in [0.2, 0.25) is 0 Å². The standard InChI is InChI=1S/C20H31N3O2.HI/c1-15-6-8-17(9-7-15)16(2)13-22-20(21-3)23-10-12-25-19(14-23)18-5-4-11-24-18;/h6-9,16,18-19H,4-5,10-14H2,1-3H3,(H,21,22);1H. The minimum Gasteiger partial charge on any atom is -0.375 e. The van der Waals surface area contributed by atoms with Crippen molar-refractivity contribution in [2.75, 3.05) is 39.9 Å². The van der Waals surface area contributed by atoms with Crippen molar-refractivity contribution in [1.82, 2.24) is 10.2 Å². The highest BCUT2D eigenvalue weighted by Gasteiger charge is 2.32. The van der Waals surface area contributed by atoms with Crippen LogP contribution in [0.5, 0.6) is 0 Å². The fraction of sp³-hybridized carbons (Fsp3) is 0.650. The molecule has 0 radical (unpaired) electrons. The first-order valence-electron chi connectivity index (χ1n) is 9.42. The predicted molar refractivity (Wildman–Crippen MR) is 117 cm³/mol. The molecule has 3 atom stereocenters. The number of guanidine groups is 1. The van der Waals surface area contributed by atoms with Crippen LogP contribution < -0.4 is 5.32 Å². The highest BCUT2D eigenvalue weighted by molar-refractivity contribution is 14.0. The van der Waals surface area contributed by atoms with Crippen molar-refractivity contribution < 1.29 is 9.47 Å². The molecule has 1 N–H and O–H groups in total. The number of rotatable bonds is 4. The fourth-order valence-corrected chi connectivity index (χ4v) is 3.58. The summed E-state index contributed by atoms with van der Waals surface area (Å²) in [5.74, 6) is 1.40. The Bertz CT molecular complexity index is 573. The molecule has 1 aromatic rings. The van der Waals surface area contributed by atoms with E-state index in [1.807, 2.05) is 7.05 Å². The maximum Gasteiger partial charge on any atom is 0.193 e. The molecule has 2 aliphatic rings. The van der Waals surface area contributed by atoms with Crippen LogP contribution in [-0.2, 0) is 9.47 Å². The van der Waals surface area contributed by atoms with Crippen molar-refractivity contribution in [3.8, 4) is 0 Å². The Morgan fingerprint density at radius 2 is 1.96 bits per heavy atom. The number of morpholine rings is 1. The van der Waals surface area contributed by atoms with Gasteiger partial charge in [-0.05, 0) is 31.2 Å². The van der Waals surface area contributed by atoms with E-state index >= 15 is 0 Å². The number of hydrogen-bond acceptors (Lipinski definition) is 3. The highest BCUT2D eigenvalue weighted by atomic mass is 127. The van der Waals surface area contributed by atoms with Gasteiger partial charge in [0.05, 0.1) is 12.7 Å². The van der Waals surface area contributed by atoms with Crippen LogP contribution in [0.15, 0.2) is 29.3 Å². The molecule has 26 heavy (non-hydrogen) atoms. The summed E-state index contributed by atoms with van der Waals surface area (Å²) in [6, 6.07) is 8.78. The molecule has 6 heteroatoms. The van der Waals surface area contributed by atoms with Gasteiger partial charge < -0.3 is 19.7 Å². The van der Waals surface area contributed by atoms with Crippen molar-refractivity contribution in [2.24, 2.45) is 4.99 Å². The fourth-order valence-electron chi connectivity index (χ4n) is 3.58. The van der Waals surface area contributed by atoms with E-state index in [-0.39, 0.29) is 36.2 Å². The molecule has 0 spiro atoms. The SMILES string of the molecule is CN=C(NCC(C)c1ccc(C)cc1)N1CCOC(C2CCCO2)C1.I. The van der Waals surface area contributed by atoms with Crippen molar-refractivity contribution in [3.63, 3.8) is 0 Å². The Morgan fingerprint density at radius 1 is 1.23 bits per heavy atom. The van der Waals surface area contributed by atoms with Gasteiger partial charge in [0.2, 0.25) is 0 Å². The van der Waals surface area contributed by atoms with Gasteiger partial charge in [0, 0.05) is 33.3 Å². The largest absolute Gasteiger partial charge is 0.375 e. The molecule has 0 aliphatic carbocycles. The molecule has 0 bridgehead atoms. The molecule has 0 saturated carbocycles. The van der Waals surface area contributed by atoms with Gasteiger partial charge in [0.1, 0.15) is 6.10 Å². The Balaban J connectivity index is 0.00000243. The average molecular weight is 473 g/mol. The first-order valence-corrected chi connectivity index (χ1v) is 9.42. The van der Waals surface area contributed by atoms with E-state index in [9.17, 15) is 0 Å². The van der Waals surface area contributed by atoms with Crippen LogP contribution in [0.4, 0.5) is 0 Å². The Hall–Kier alpha value is -0.860. The minimum atomic E-state index is 0. The van der Waals surface area contributed by atoms with Crippen molar-refractivity contribution >= 4 is 29.9 Å². The zero-order chi connectivity index (χ0) is 17.6. The lowest BCUT2D eigenvalue weighted by molar-refractivity contribution is -0.0817. The molecular formula is C20H32IN3O2. The number of benzene rings is 1. The molecule has 5 nitrogen and oxygen atoms in total. The molecule has 2 fully saturated rings. The number of halogens is 1. The van der Waals surface area contributed by atoms with E-state index in [0.717, 1.165) is 51.6 Å². The van der Waals surface area contributed by atoms with Gasteiger partial charge >= 0.3 is 0 Å². The summed E-state index contributed by atoms with van der Waals surface area (Å²) in [6.45, 7) is 8.57. The third kappa shape index (κ3) is 5.57. The number of nitrogens with one attached hydrogen (secondary N) is 1. The van der Waals surface area contributed by atoms with Gasteiger partial charge in [-0.2, -0.15) is 0 Å². The van der Waals surface area contributed by atoms with Gasteiger partial charge in [-0.15, -0.1) is 24.0 Å². The topological polar surface area (TPSA) is 46.1 Å². The van der Waals surface area contributed by atoms with Gasteiger partial charge in [-0.25, -0.2) is 0 Å². The Labute approximate surface area is 174 Å². The Kier molecular flexibility index (Phi) is 8.63. The molecule has 1 aromatic carbocycles. The third-order valence-electron chi connectivity index (χ3n) is 5.20. The summed E-state index contributed by atoms with van der Waals surface area (Å²) in [6.07, 6.45) is 2.65. The summed E-state index contributed by atoms with van der Waals surface area (Å²) in [5, 5.41) is 3.54. The van der Waals surface area contributed by atoms with E-state index in [4.69, 9.17) is 9.47 Å². The number of aryl methyl sites for hydroxylation is 1. The van der Waals surface area contributed by atoms with E-state index < -0.39 is 0 Å². The molecule has 3 rings (SSSR count). The lowest BCUT2D eigenvalue weighted by Gasteiger charge is -2.37. The predicted octanol–water partition coefficient (Wildman–Crippen LogP) is 3.17. The monoisotopic (exact) mass is 473 g/mol. The second-order valence-electron chi connectivity index (χ2n) is 7.15. The maximum absolute atomic E-state index is 5.94. The molecule has 0 amide bonds. The summed E-state index contributed by atoms with van der Waals surface area (Å²) in [4.78, 5) is 6.79. The normalized spacial score (nSPS) is 24.9. The van der Waals surface area contributed by atoms with Crippen molar-refractivity contribution in [2.45, 2.75) is 44.8 Å². The molecule has 2 aliphatic heterocycles. The summed E-state index contributed by atoms with van der Waals surface area (Å²) < 4.78 is 11.8. The lowest BCUT2D eigenvalue weighted by Crippen LogP contribution is -2.53. The van der Waals surface area contributed by atoms with Crippen LogP contribution in [0.1, 0.15) is 36.8 Å². The molecular weight excluding hydrogens is 441 g/mol. The first kappa shape index (κ1) is 21.4. The molecule has 2 heterocycles. The average Bonchev–Trinajstić information content (AvgIpc) is 3.18. The number of ether oxygens (including phenoxy) is 2. The third-order valence-corrected chi connectivity index (χ3v) is 5.20. The first-order chi connectivity index (χ1) is 12.2. The summed E-state index contributed by atoms with van der Waals surface area (Å²) in [7, 11) is 1.86. The van der Waals surface area contributed by atoms with Gasteiger partial charge in [-0.3, -0.25) is 4.99 Å². The van der Waals surface area contributed by atoms with Crippen LogP contribution in [0.3, 0.4) is 0 Å². The zero-order valence-electron chi connectivity index (χ0n) is 16.1. The van der Waals surface area contributed by atoms with Crippen molar-refractivity contribution in [3.05, 3.63) is 35.4 Å².